The molecule has 1 aliphatic carbocycles. The first-order valence-corrected chi connectivity index (χ1v) is 12.6. The zero-order valence-electron chi connectivity index (χ0n) is 20.2. The lowest BCUT2D eigenvalue weighted by Gasteiger charge is -2.31. The number of carbonyl (C=O) groups is 2. The van der Waals surface area contributed by atoms with Crippen molar-refractivity contribution < 1.29 is 19.4 Å². The molecule has 1 saturated carbocycles. The van der Waals surface area contributed by atoms with Crippen LogP contribution >= 0.6 is 11.6 Å². The number of aromatic nitrogens is 2. The molecule has 2 amide bonds. The second-order valence-electron chi connectivity index (χ2n) is 10.1. The van der Waals surface area contributed by atoms with Gasteiger partial charge in [0.2, 0.25) is 5.91 Å². The summed E-state index contributed by atoms with van der Waals surface area (Å²) in [5, 5.41) is 17.8. The molecular weight excluding hydrogens is 468 g/mol. The van der Waals surface area contributed by atoms with E-state index in [9.17, 15) is 14.7 Å². The van der Waals surface area contributed by atoms with Crippen molar-refractivity contribution in [2.45, 2.75) is 70.6 Å². The quantitative estimate of drug-likeness (QED) is 0.532. The lowest BCUT2D eigenvalue weighted by atomic mass is 9.84. The monoisotopic (exact) mass is 500 g/mol. The van der Waals surface area contributed by atoms with E-state index in [0.29, 0.717) is 41.2 Å². The van der Waals surface area contributed by atoms with E-state index in [1.165, 1.54) is 12.5 Å². The number of anilines is 1. The Labute approximate surface area is 210 Å². The van der Waals surface area contributed by atoms with Crippen LogP contribution in [0.1, 0.15) is 52.4 Å². The largest absolute Gasteiger partial charge is 0.460 e. The van der Waals surface area contributed by atoms with Gasteiger partial charge in [0.05, 0.1) is 18.7 Å². The Kier molecular flexibility index (Phi) is 7.82. The van der Waals surface area contributed by atoms with E-state index in [2.05, 4.69) is 10.4 Å². The van der Waals surface area contributed by atoms with Gasteiger partial charge in [-0.05, 0) is 44.4 Å². The van der Waals surface area contributed by atoms with E-state index in [0.717, 1.165) is 25.7 Å². The highest BCUT2D eigenvalue weighted by atomic mass is 35.5. The first-order chi connectivity index (χ1) is 16.7. The fourth-order valence-corrected chi connectivity index (χ4v) is 4.94. The maximum atomic E-state index is 13.4. The molecule has 9 heteroatoms. The number of amides is 2. The summed E-state index contributed by atoms with van der Waals surface area (Å²) in [6.45, 7) is 3.90. The summed E-state index contributed by atoms with van der Waals surface area (Å²) in [4.78, 5) is 28.0. The van der Waals surface area contributed by atoms with Gasteiger partial charge in [0, 0.05) is 23.4 Å². The van der Waals surface area contributed by atoms with Gasteiger partial charge in [0.1, 0.15) is 17.6 Å². The molecule has 188 valence electrons. The van der Waals surface area contributed by atoms with Crippen molar-refractivity contribution in [1.29, 1.82) is 0 Å². The molecule has 1 aromatic carbocycles. The number of hydrogen-bond acceptors (Lipinski definition) is 5. The molecule has 1 unspecified atom stereocenters. The molecule has 0 saturated heterocycles. The third-order valence-electron chi connectivity index (χ3n) is 6.34. The fourth-order valence-electron chi connectivity index (χ4n) is 4.76. The number of nitrogens with one attached hydrogen (secondary N) is 1. The van der Waals surface area contributed by atoms with E-state index in [-0.39, 0.29) is 18.4 Å². The fraction of sp³-hybridized carbons (Fsp3) is 0.500. The summed E-state index contributed by atoms with van der Waals surface area (Å²) in [5.41, 5.74) is -0.927. The highest BCUT2D eigenvalue weighted by Crippen LogP contribution is 2.31. The second-order valence-corrected chi connectivity index (χ2v) is 10.5. The van der Waals surface area contributed by atoms with E-state index >= 15 is 0 Å². The summed E-state index contributed by atoms with van der Waals surface area (Å²) in [7, 11) is 0. The zero-order valence-corrected chi connectivity index (χ0v) is 21.0. The van der Waals surface area contributed by atoms with Gasteiger partial charge in [0.15, 0.2) is 5.82 Å². The van der Waals surface area contributed by atoms with Crippen molar-refractivity contribution in [1.82, 2.24) is 14.7 Å². The molecule has 35 heavy (non-hydrogen) atoms. The van der Waals surface area contributed by atoms with Gasteiger partial charge in [-0.1, -0.05) is 49.8 Å². The van der Waals surface area contributed by atoms with Crippen LogP contribution in [0.5, 0.6) is 5.75 Å². The predicted octanol–water partition coefficient (Wildman–Crippen LogP) is 4.39. The molecule has 1 fully saturated rings. The van der Waals surface area contributed by atoms with Gasteiger partial charge >= 0.3 is 0 Å². The van der Waals surface area contributed by atoms with Crippen LogP contribution < -0.4 is 10.1 Å². The molecule has 0 radical (unpaired) electrons. The van der Waals surface area contributed by atoms with Gasteiger partial charge in [0.25, 0.3) is 5.91 Å². The molecule has 0 bridgehead atoms. The van der Waals surface area contributed by atoms with Crippen molar-refractivity contribution in [2.24, 2.45) is 5.92 Å². The molecule has 1 aromatic heterocycles. The average Bonchev–Trinajstić information content (AvgIpc) is 3.37. The Morgan fingerprint density at radius 2 is 2.06 bits per heavy atom. The van der Waals surface area contributed by atoms with Crippen molar-refractivity contribution in [3.8, 4) is 5.75 Å². The number of halogens is 1. The summed E-state index contributed by atoms with van der Waals surface area (Å²) in [6, 6.07) is 8.05. The minimum atomic E-state index is -0.927. The molecule has 2 aliphatic rings. The van der Waals surface area contributed by atoms with Crippen LogP contribution in [0, 0.1) is 5.92 Å². The number of benzene rings is 1. The molecule has 4 rings (SSSR count). The molecule has 8 nitrogen and oxygen atoms in total. The van der Waals surface area contributed by atoms with Crippen LogP contribution in [0.15, 0.2) is 48.4 Å². The number of nitrogens with zero attached hydrogens (tertiary/aromatic N) is 3. The maximum Gasteiger partial charge on any atom is 0.251 e. The van der Waals surface area contributed by atoms with E-state index in [1.54, 1.807) is 60.0 Å². The van der Waals surface area contributed by atoms with Crippen LogP contribution in [0.2, 0.25) is 5.02 Å². The minimum absolute atomic E-state index is 0.212. The van der Waals surface area contributed by atoms with Crippen LogP contribution in [-0.4, -0.2) is 49.8 Å². The van der Waals surface area contributed by atoms with Gasteiger partial charge < -0.3 is 20.1 Å². The minimum Gasteiger partial charge on any atom is -0.460 e. The van der Waals surface area contributed by atoms with Crippen molar-refractivity contribution in [3.05, 3.63) is 53.4 Å². The number of rotatable bonds is 9. The Balaban J connectivity index is 1.47. The summed E-state index contributed by atoms with van der Waals surface area (Å²) in [5.74, 6) is 1.29. The SMILES string of the molecule is CC(C)(O)Cn1ccc(NC(=O)C(CC2CCCCC2)N2CC(Oc3cccc(Cl)c3)=CC2=O)n1. The third-order valence-corrected chi connectivity index (χ3v) is 6.57. The standard InChI is InChI=1S/C26H33ClN4O4/c1-26(2,34)17-30-12-11-23(29-30)28-25(33)22(13-18-7-4-3-5-8-18)31-16-21(15-24(31)32)35-20-10-6-9-19(27)14-20/h6,9-12,14-15,18,22,34H,3-5,7-8,13,16-17H2,1-2H3,(H,28,29,33). The predicted molar refractivity (Wildman–Crippen MR) is 134 cm³/mol. The number of ether oxygens (including phenoxy) is 1. The van der Waals surface area contributed by atoms with Gasteiger partial charge in [-0.2, -0.15) is 5.10 Å². The number of carbonyl (C=O) groups excluding carboxylic acids is 2. The van der Waals surface area contributed by atoms with Crippen LogP contribution in [-0.2, 0) is 16.1 Å². The molecule has 1 aliphatic heterocycles. The first kappa shape index (κ1) is 25.3. The molecule has 2 N–H and O–H groups in total. The maximum absolute atomic E-state index is 13.4. The molecule has 0 spiro atoms. The smallest absolute Gasteiger partial charge is 0.251 e. The third kappa shape index (κ3) is 7.08. The Hall–Kier alpha value is -2.84. The molecular formula is C26H33ClN4O4. The highest BCUT2D eigenvalue weighted by molar-refractivity contribution is 6.30. The second kappa shape index (κ2) is 10.8. The molecule has 2 aromatic rings. The normalized spacial score (nSPS) is 17.9. The Morgan fingerprint density at radius 1 is 1.29 bits per heavy atom. The summed E-state index contributed by atoms with van der Waals surface area (Å²) in [6.07, 6.45) is 9.39. The first-order valence-electron chi connectivity index (χ1n) is 12.2. The number of hydrogen-bond donors (Lipinski definition) is 2. The molecule has 1 atom stereocenters. The zero-order chi connectivity index (χ0) is 25.0. The van der Waals surface area contributed by atoms with Crippen molar-refractivity contribution in [2.75, 3.05) is 11.9 Å². The summed E-state index contributed by atoms with van der Waals surface area (Å²) < 4.78 is 7.48. The van der Waals surface area contributed by atoms with E-state index in [1.807, 2.05) is 0 Å². The van der Waals surface area contributed by atoms with Crippen molar-refractivity contribution >= 4 is 29.2 Å². The average molecular weight is 501 g/mol. The Morgan fingerprint density at radius 3 is 2.77 bits per heavy atom. The van der Waals surface area contributed by atoms with Gasteiger partial charge in [-0.3, -0.25) is 14.3 Å². The van der Waals surface area contributed by atoms with Gasteiger partial charge in [-0.25, -0.2) is 0 Å². The topological polar surface area (TPSA) is 96.7 Å². The van der Waals surface area contributed by atoms with E-state index < -0.39 is 11.6 Å². The van der Waals surface area contributed by atoms with Crippen LogP contribution in [0.4, 0.5) is 5.82 Å². The van der Waals surface area contributed by atoms with E-state index in [4.69, 9.17) is 16.3 Å². The highest BCUT2D eigenvalue weighted by Gasteiger charge is 2.36. The van der Waals surface area contributed by atoms with Crippen LogP contribution in [0.3, 0.4) is 0 Å². The van der Waals surface area contributed by atoms with Crippen LogP contribution in [0.25, 0.3) is 0 Å². The summed E-state index contributed by atoms with van der Waals surface area (Å²) >= 11 is 6.05. The number of aliphatic hydroxyl groups is 1. The lowest BCUT2D eigenvalue weighted by molar-refractivity contribution is -0.134. The lowest BCUT2D eigenvalue weighted by Crippen LogP contribution is -2.46. The molecule has 2 heterocycles. The van der Waals surface area contributed by atoms with Crippen molar-refractivity contribution in [3.63, 3.8) is 0 Å². The Bertz CT molecular complexity index is 1090. The van der Waals surface area contributed by atoms with Gasteiger partial charge in [-0.15, -0.1) is 0 Å².